The van der Waals surface area contributed by atoms with E-state index in [0.717, 1.165) is 16.7 Å². The zero-order chi connectivity index (χ0) is 23.7. The number of Topliss-reactive ketones (excluding diaryl/α,β-unsaturated/α-hetero) is 1. The number of amides is 1. The summed E-state index contributed by atoms with van der Waals surface area (Å²) >= 11 is 0. The minimum Gasteiger partial charge on any atom is -0.507 e. The van der Waals surface area contributed by atoms with Crippen molar-refractivity contribution in [3.8, 4) is 11.5 Å². The van der Waals surface area contributed by atoms with Crippen molar-refractivity contribution in [2.24, 2.45) is 0 Å². The fraction of sp³-hybridized carbons (Fsp3) is 0.214. The molecule has 1 unspecified atom stereocenters. The Balaban J connectivity index is 1.57. The number of carbonyl (C=O) groups is 2. The lowest BCUT2D eigenvalue weighted by molar-refractivity contribution is -0.139. The lowest BCUT2D eigenvalue weighted by Crippen LogP contribution is -2.31. The second kappa shape index (κ2) is 9.06. The van der Waals surface area contributed by atoms with Crippen LogP contribution in [0.2, 0.25) is 0 Å². The first-order valence-corrected chi connectivity index (χ1v) is 11.3. The van der Waals surface area contributed by atoms with Gasteiger partial charge >= 0.3 is 0 Å². The molecule has 0 aromatic heterocycles. The lowest BCUT2D eigenvalue weighted by atomic mass is 9.94. The van der Waals surface area contributed by atoms with Crippen molar-refractivity contribution >= 4 is 17.4 Å². The molecule has 2 aliphatic heterocycles. The monoisotopic (exact) mass is 455 g/mol. The number of hydrogen-bond donors (Lipinski definition) is 1. The van der Waals surface area contributed by atoms with E-state index in [1.807, 2.05) is 61.5 Å². The predicted molar refractivity (Wildman–Crippen MR) is 128 cm³/mol. The number of carbonyl (C=O) groups excluding carboxylic acids is 2. The number of aliphatic hydroxyl groups excluding tert-OH is 1. The van der Waals surface area contributed by atoms with Gasteiger partial charge in [0.2, 0.25) is 0 Å². The largest absolute Gasteiger partial charge is 0.507 e. The van der Waals surface area contributed by atoms with E-state index in [9.17, 15) is 14.7 Å². The van der Waals surface area contributed by atoms with E-state index in [1.165, 1.54) is 0 Å². The van der Waals surface area contributed by atoms with Crippen molar-refractivity contribution < 1.29 is 24.2 Å². The molecule has 1 atom stereocenters. The molecule has 0 aliphatic carbocycles. The minimum atomic E-state index is -0.689. The lowest BCUT2D eigenvalue weighted by Gasteiger charge is -2.25. The maximum absolute atomic E-state index is 13.2. The van der Waals surface area contributed by atoms with E-state index < -0.39 is 17.7 Å². The smallest absolute Gasteiger partial charge is 0.295 e. The van der Waals surface area contributed by atoms with Gasteiger partial charge in [-0.1, -0.05) is 60.2 Å². The minimum absolute atomic E-state index is 0.0820. The van der Waals surface area contributed by atoms with Crippen LogP contribution in [0.3, 0.4) is 0 Å². The van der Waals surface area contributed by atoms with Gasteiger partial charge in [-0.15, -0.1) is 0 Å². The number of fused-ring (bicyclic) bond motifs is 1. The summed E-state index contributed by atoms with van der Waals surface area (Å²) in [7, 11) is 0. The Bertz CT molecular complexity index is 1260. The maximum Gasteiger partial charge on any atom is 0.295 e. The number of likely N-dealkylation sites (tertiary alicyclic amines) is 1. The van der Waals surface area contributed by atoms with Gasteiger partial charge in [-0.2, -0.15) is 0 Å². The van der Waals surface area contributed by atoms with Gasteiger partial charge in [0.15, 0.2) is 11.5 Å². The van der Waals surface area contributed by atoms with Gasteiger partial charge in [0.1, 0.15) is 19.0 Å². The Kier molecular flexibility index (Phi) is 5.80. The summed E-state index contributed by atoms with van der Waals surface area (Å²) in [6, 6.07) is 21.8. The van der Waals surface area contributed by atoms with E-state index in [1.54, 1.807) is 23.1 Å². The number of aryl methyl sites for hydroxylation is 1. The molecule has 3 aromatic rings. The summed E-state index contributed by atoms with van der Waals surface area (Å²) in [6.07, 6.45) is 0.598. The van der Waals surface area contributed by atoms with Crippen molar-refractivity contribution in [2.75, 3.05) is 19.8 Å². The number of aliphatic hydroxyl groups is 1. The second-order valence-corrected chi connectivity index (χ2v) is 8.50. The fourth-order valence-electron chi connectivity index (χ4n) is 4.45. The quantitative estimate of drug-likeness (QED) is 0.350. The highest BCUT2D eigenvalue weighted by atomic mass is 16.6. The van der Waals surface area contributed by atoms with Gasteiger partial charge in [-0.05, 0) is 42.7 Å². The Morgan fingerprint density at radius 2 is 1.65 bits per heavy atom. The summed E-state index contributed by atoms with van der Waals surface area (Å²) < 4.78 is 11.2. The number of hydrogen-bond acceptors (Lipinski definition) is 5. The molecule has 1 amide bonds. The van der Waals surface area contributed by atoms with Crippen molar-refractivity contribution in [3.05, 3.63) is 101 Å². The highest BCUT2D eigenvalue weighted by molar-refractivity contribution is 6.46. The molecule has 172 valence electrons. The summed E-state index contributed by atoms with van der Waals surface area (Å²) in [6.45, 7) is 3.19. The molecule has 34 heavy (non-hydrogen) atoms. The summed E-state index contributed by atoms with van der Waals surface area (Å²) in [5.41, 5.74) is 3.40. The fourth-order valence-corrected chi connectivity index (χ4v) is 4.45. The predicted octanol–water partition coefficient (Wildman–Crippen LogP) is 4.43. The van der Waals surface area contributed by atoms with Crippen LogP contribution in [-0.4, -0.2) is 41.5 Å². The number of benzene rings is 3. The zero-order valence-electron chi connectivity index (χ0n) is 18.9. The molecule has 5 rings (SSSR count). The molecule has 6 nitrogen and oxygen atoms in total. The third kappa shape index (κ3) is 4.03. The average molecular weight is 456 g/mol. The number of ether oxygens (including phenoxy) is 2. The summed E-state index contributed by atoms with van der Waals surface area (Å²) in [4.78, 5) is 27.9. The van der Waals surface area contributed by atoms with Gasteiger partial charge in [0.05, 0.1) is 11.6 Å². The van der Waals surface area contributed by atoms with Crippen molar-refractivity contribution in [1.82, 2.24) is 4.90 Å². The molecule has 1 N–H and O–H groups in total. The van der Waals surface area contributed by atoms with Crippen LogP contribution < -0.4 is 9.47 Å². The highest BCUT2D eigenvalue weighted by Gasteiger charge is 2.45. The Morgan fingerprint density at radius 1 is 0.941 bits per heavy atom. The van der Waals surface area contributed by atoms with Crippen molar-refractivity contribution in [2.45, 2.75) is 19.4 Å². The van der Waals surface area contributed by atoms with Crippen LogP contribution >= 0.6 is 0 Å². The third-order valence-electron chi connectivity index (χ3n) is 6.23. The van der Waals surface area contributed by atoms with Crippen LogP contribution in [0.1, 0.15) is 28.3 Å². The van der Waals surface area contributed by atoms with Gasteiger partial charge in [0, 0.05) is 12.1 Å². The molecular formula is C28H25NO5. The molecule has 1 saturated heterocycles. The van der Waals surface area contributed by atoms with E-state index in [-0.39, 0.29) is 11.3 Å². The third-order valence-corrected chi connectivity index (χ3v) is 6.23. The molecule has 0 bridgehead atoms. The molecule has 0 saturated carbocycles. The molecule has 0 spiro atoms. The zero-order valence-corrected chi connectivity index (χ0v) is 18.9. The van der Waals surface area contributed by atoms with Crippen LogP contribution in [0.15, 0.2) is 78.4 Å². The van der Waals surface area contributed by atoms with Crippen LogP contribution in [-0.2, 0) is 16.0 Å². The second-order valence-electron chi connectivity index (χ2n) is 8.50. The number of rotatable bonds is 5. The normalized spacial score (nSPS) is 18.9. The standard InChI is InChI=1S/C28H25NO5/c1-18-7-9-20(10-8-18)25-24(26(30)21-11-12-22-23(17-21)34-16-15-33-22)27(31)28(32)29(25)14-13-19-5-3-2-4-6-19/h2-12,17,25,30H,13-16H2,1H3/b26-24-. The SMILES string of the molecule is Cc1ccc(C2/C(=C(/O)c3ccc4c(c3)OCCO4)C(=O)C(=O)N2CCc2ccccc2)cc1. The first-order chi connectivity index (χ1) is 16.5. The topological polar surface area (TPSA) is 76.1 Å². The van der Waals surface area contributed by atoms with Crippen LogP contribution in [0, 0.1) is 6.92 Å². The number of ketones is 1. The molecule has 6 heteroatoms. The molecule has 3 aromatic carbocycles. The summed E-state index contributed by atoms with van der Waals surface area (Å²) in [5, 5.41) is 11.3. The average Bonchev–Trinajstić information content (AvgIpc) is 3.12. The van der Waals surface area contributed by atoms with Gasteiger partial charge in [-0.3, -0.25) is 9.59 Å². The summed E-state index contributed by atoms with van der Waals surface area (Å²) in [5.74, 6) is -0.434. The van der Waals surface area contributed by atoms with Gasteiger partial charge < -0.3 is 19.5 Å². The van der Waals surface area contributed by atoms with Crippen LogP contribution in [0.4, 0.5) is 0 Å². The first-order valence-electron chi connectivity index (χ1n) is 11.3. The van der Waals surface area contributed by atoms with Gasteiger partial charge in [0.25, 0.3) is 11.7 Å². The maximum atomic E-state index is 13.2. The Morgan fingerprint density at radius 3 is 2.38 bits per heavy atom. The van der Waals surface area contributed by atoms with Crippen LogP contribution in [0.25, 0.3) is 5.76 Å². The van der Waals surface area contributed by atoms with Crippen molar-refractivity contribution in [3.63, 3.8) is 0 Å². The Labute approximate surface area is 198 Å². The highest BCUT2D eigenvalue weighted by Crippen LogP contribution is 2.41. The van der Waals surface area contributed by atoms with E-state index in [2.05, 4.69) is 0 Å². The van der Waals surface area contributed by atoms with E-state index >= 15 is 0 Å². The van der Waals surface area contributed by atoms with E-state index in [0.29, 0.717) is 43.2 Å². The molecule has 2 aliphatic rings. The molecule has 0 radical (unpaired) electrons. The molecular weight excluding hydrogens is 430 g/mol. The molecule has 1 fully saturated rings. The van der Waals surface area contributed by atoms with Gasteiger partial charge in [-0.25, -0.2) is 0 Å². The van der Waals surface area contributed by atoms with Crippen molar-refractivity contribution in [1.29, 1.82) is 0 Å². The number of nitrogens with zero attached hydrogens (tertiary/aromatic N) is 1. The molecule has 2 heterocycles. The van der Waals surface area contributed by atoms with Crippen LogP contribution in [0.5, 0.6) is 11.5 Å². The van der Waals surface area contributed by atoms with E-state index in [4.69, 9.17) is 9.47 Å². The first kappa shape index (κ1) is 21.8. The Hall–Kier alpha value is -4.06.